The summed E-state index contributed by atoms with van der Waals surface area (Å²) in [5, 5.41) is 0. The first kappa shape index (κ1) is 18.5. The average Bonchev–Trinajstić information content (AvgIpc) is 3.23. The SMILES string of the molecule is c1ccc(CN(Cc2cccc(Oc3ncccn3)c2)C[C@H]2CCCO2)nc1. The van der Waals surface area contributed by atoms with E-state index in [1.54, 1.807) is 18.5 Å². The Labute approximate surface area is 165 Å². The molecule has 1 saturated heterocycles. The molecule has 1 atom stereocenters. The molecule has 0 bridgehead atoms. The highest BCUT2D eigenvalue weighted by atomic mass is 16.5. The van der Waals surface area contributed by atoms with Crippen molar-refractivity contribution in [2.75, 3.05) is 13.2 Å². The van der Waals surface area contributed by atoms with E-state index in [0.717, 1.165) is 50.5 Å². The fourth-order valence-electron chi connectivity index (χ4n) is 3.39. The lowest BCUT2D eigenvalue weighted by molar-refractivity contribution is 0.0674. The molecular weight excluding hydrogens is 352 g/mol. The van der Waals surface area contributed by atoms with Gasteiger partial charge in [-0.25, -0.2) is 9.97 Å². The number of aromatic nitrogens is 3. The first-order valence-electron chi connectivity index (χ1n) is 9.63. The quantitative estimate of drug-likeness (QED) is 0.595. The molecule has 0 spiro atoms. The summed E-state index contributed by atoms with van der Waals surface area (Å²) in [7, 11) is 0. The summed E-state index contributed by atoms with van der Waals surface area (Å²) in [6.07, 6.45) is 7.73. The minimum absolute atomic E-state index is 0.292. The fraction of sp³-hybridized carbons (Fsp3) is 0.318. The van der Waals surface area contributed by atoms with Gasteiger partial charge in [0, 0.05) is 44.8 Å². The molecule has 0 aliphatic carbocycles. The zero-order valence-corrected chi connectivity index (χ0v) is 15.8. The Hall–Kier alpha value is -2.83. The summed E-state index contributed by atoms with van der Waals surface area (Å²) in [5.41, 5.74) is 2.23. The maximum absolute atomic E-state index is 5.86. The van der Waals surface area contributed by atoms with Gasteiger partial charge in [-0.1, -0.05) is 18.2 Å². The van der Waals surface area contributed by atoms with E-state index in [0.29, 0.717) is 12.1 Å². The first-order chi connectivity index (χ1) is 13.8. The monoisotopic (exact) mass is 376 g/mol. The Morgan fingerprint density at radius 3 is 2.64 bits per heavy atom. The fourth-order valence-corrected chi connectivity index (χ4v) is 3.39. The first-order valence-corrected chi connectivity index (χ1v) is 9.63. The van der Waals surface area contributed by atoms with Gasteiger partial charge in [0.2, 0.25) is 0 Å². The molecule has 0 radical (unpaired) electrons. The van der Waals surface area contributed by atoms with Crippen LogP contribution < -0.4 is 4.74 Å². The van der Waals surface area contributed by atoms with Gasteiger partial charge in [-0.3, -0.25) is 9.88 Å². The van der Waals surface area contributed by atoms with E-state index >= 15 is 0 Å². The van der Waals surface area contributed by atoms with Gasteiger partial charge < -0.3 is 9.47 Å². The third-order valence-electron chi connectivity index (χ3n) is 4.65. The van der Waals surface area contributed by atoms with Crippen LogP contribution in [0.2, 0.25) is 0 Å². The molecule has 1 aromatic carbocycles. The number of nitrogens with zero attached hydrogens (tertiary/aromatic N) is 4. The van der Waals surface area contributed by atoms with E-state index in [9.17, 15) is 0 Å². The van der Waals surface area contributed by atoms with Crippen LogP contribution in [0.15, 0.2) is 67.1 Å². The molecule has 3 aromatic rings. The van der Waals surface area contributed by atoms with Crippen LogP contribution in [0.5, 0.6) is 11.8 Å². The summed E-state index contributed by atoms with van der Waals surface area (Å²) in [6.45, 7) is 3.34. The van der Waals surface area contributed by atoms with Gasteiger partial charge in [-0.15, -0.1) is 0 Å². The highest BCUT2D eigenvalue weighted by Gasteiger charge is 2.20. The van der Waals surface area contributed by atoms with E-state index in [1.807, 2.05) is 36.5 Å². The van der Waals surface area contributed by atoms with Crippen molar-refractivity contribution in [3.8, 4) is 11.8 Å². The molecule has 3 heterocycles. The van der Waals surface area contributed by atoms with Crippen LogP contribution in [0.1, 0.15) is 24.1 Å². The van der Waals surface area contributed by atoms with E-state index in [-0.39, 0.29) is 0 Å². The van der Waals surface area contributed by atoms with E-state index in [1.165, 1.54) is 5.56 Å². The van der Waals surface area contributed by atoms with Gasteiger partial charge in [0.1, 0.15) is 5.75 Å². The molecule has 6 nitrogen and oxygen atoms in total. The number of benzene rings is 1. The lowest BCUT2D eigenvalue weighted by atomic mass is 10.1. The number of hydrogen-bond acceptors (Lipinski definition) is 6. The van der Waals surface area contributed by atoms with Crippen LogP contribution >= 0.6 is 0 Å². The minimum Gasteiger partial charge on any atom is -0.424 e. The maximum atomic E-state index is 5.86. The molecular formula is C22H24N4O2. The van der Waals surface area contributed by atoms with Gasteiger partial charge in [-0.2, -0.15) is 0 Å². The highest BCUT2D eigenvalue weighted by molar-refractivity contribution is 5.30. The van der Waals surface area contributed by atoms with Crippen molar-refractivity contribution in [3.05, 3.63) is 78.4 Å². The molecule has 0 unspecified atom stereocenters. The molecule has 28 heavy (non-hydrogen) atoms. The van der Waals surface area contributed by atoms with Crippen molar-refractivity contribution >= 4 is 0 Å². The Morgan fingerprint density at radius 1 is 0.964 bits per heavy atom. The Balaban J connectivity index is 1.46. The molecule has 0 N–H and O–H groups in total. The standard InChI is InChI=1S/C22H24N4O2/c1-2-10-23-19(7-1)16-26(17-21-9-4-13-27-21)15-18-6-3-8-20(14-18)28-22-24-11-5-12-25-22/h1-3,5-8,10-12,14,21H,4,9,13,15-17H2/t21-/m1/s1. The van der Waals surface area contributed by atoms with Gasteiger partial charge in [0.25, 0.3) is 0 Å². The highest BCUT2D eigenvalue weighted by Crippen LogP contribution is 2.21. The van der Waals surface area contributed by atoms with E-state index < -0.39 is 0 Å². The molecule has 144 valence electrons. The maximum Gasteiger partial charge on any atom is 0.321 e. The second-order valence-corrected chi connectivity index (χ2v) is 6.91. The van der Waals surface area contributed by atoms with E-state index in [4.69, 9.17) is 9.47 Å². The number of ether oxygens (including phenoxy) is 2. The van der Waals surface area contributed by atoms with Gasteiger partial charge >= 0.3 is 6.01 Å². The van der Waals surface area contributed by atoms with Gasteiger partial charge in [-0.05, 0) is 48.7 Å². The summed E-state index contributed by atoms with van der Waals surface area (Å²) >= 11 is 0. The zero-order chi connectivity index (χ0) is 19.0. The Morgan fingerprint density at radius 2 is 1.86 bits per heavy atom. The van der Waals surface area contributed by atoms with Crippen molar-refractivity contribution in [3.63, 3.8) is 0 Å². The zero-order valence-electron chi connectivity index (χ0n) is 15.8. The summed E-state index contributed by atoms with van der Waals surface area (Å²) < 4.78 is 11.6. The van der Waals surface area contributed by atoms with Crippen molar-refractivity contribution < 1.29 is 9.47 Å². The number of pyridine rings is 1. The van der Waals surface area contributed by atoms with Crippen LogP contribution in [0.4, 0.5) is 0 Å². The summed E-state index contributed by atoms with van der Waals surface area (Å²) in [6, 6.07) is 16.2. The van der Waals surface area contributed by atoms with E-state index in [2.05, 4.69) is 32.0 Å². The molecule has 4 rings (SSSR count). The molecule has 6 heteroatoms. The molecule has 1 aliphatic heterocycles. The molecule has 1 fully saturated rings. The van der Waals surface area contributed by atoms with Crippen LogP contribution in [0, 0.1) is 0 Å². The smallest absolute Gasteiger partial charge is 0.321 e. The van der Waals surface area contributed by atoms with Crippen molar-refractivity contribution in [1.29, 1.82) is 0 Å². The van der Waals surface area contributed by atoms with Gasteiger partial charge in [0.15, 0.2) is 0 Å². The third-order valence-corrected chi connectivity index (χ3v) is 4.65. The van der Waals surface area contributed by atoms with Crippen LogP contribution in [0.25, 0.3) is 0 Å². The van der Waals surface area contributed by atoms with Crippen molar-refractivity contribution in [2.45, 2.75) is 32.0 Å². The lowest BCUT2D eigenvalue weighted by Crippen LogP contribution is -2.31. The third kappa shape index (κ3) is 5.34. The van der Waals surface area contributed by atoms with Crippen LogP contribution in [-0.4, -0.2) is 39.1 Å². The molecule has 0 amide bonds. The number of hydrogen-bond donors (Lipinski definition) is 0. The number of rotatable bonds is 8. The average molecular weight is 376 g/mol. The molecule has 2 aromatic heterocycles. The summed E-state index contributed by atoms with van der Waals surface area (Å²) in [5.74, 6) is 0.735. The van der Waals surface area contributed by atoms with Gasteiger partial charge in [0.05, 0.1) is 11.8 Å². The molecule has 1 aliphatic rings. The summed E-state index contributed by atoms with van der Waals surface area (Å²) in [4.78, 5) is 15.1. The minimum atomic E-state index is 0.292. The second kappa shape index (κ2) is 9.39. The topological polar surface area (TPSA) is 60.4 Å². The predicted molar refractivity (Wildman–Crippen MR) is 106 cm³/mol. The second-order valence-electron chi connectivity index (χ2n) is 6.91. The van der Waals surface area contributed by atoms with Crippen LogP contribution in [0.3, 0.4) is 0 Å². The van der Waals surface area contributed by atoms with Crippen molar-refractivity contribution in [2.24, 2.45) is 0 Å². The van der Waals surface area contributed by atoms with Crippen LogP contribution in [-0.2, 0) is 17.8 Å². The largest absolute Gasteiger partial charge is 0.424 e. The normalized spacial score (nSPS) is 16.4. The predicted octanol–water partition coefficient (Wildman–Crippen LogP) is 3.85. The van der Waals surface area contributed by atoms with Crippen molar-refractivity contribution in [1.82, 2.24) is 19.9 Å². The molecule has 0 saturated carbocycles. The Bertz CT molecular complexity index is 855. The lowest BCUT2D eigenvalue weighted by Gasteiger charge is -2.25. The Kier molecular flexibility index (Phi) is 6.22.